The molecular formula is C15H19BrN4. The first kappa shape index (κ1) is 13.8. The van der Waals surface area contributed by atoms with Gasteiger partial charge in [-0.05, 0) is 40.9 Å². The minimum absolute atomic E-state index is 0.483. The number of hydrogen-bond acceptors (Lipinski definition) is 3. The summed E-state index contributed by atoms with van der Waals surface area (Å²) < 4.78 is 2.99. The summed E-state index contributed by atoms with van der Waals surface area (Å²) in [4.78, 5) is 4.46. The van der Waals surface area contributed by atoms with E-state index in [-0.39, 0.29) is 0 Å². The SMILES string of the molecule is CC(C)NCc1cnn(-c2ccc(Br)cn2)c1C1CC1. The molecule has 1 fully saturated rings. The van der Waals surface area contributed by atoms with E-state index in [1.807, 2.05) is 29.2 Å². The van der Waals surface area contributed by atoms with Crippen molar-refractivity contribution < 1.29 is 0 Å². The molecule has 5 heteroatoms. The van der Waals surface area contributed by atoms with Crippen LogP contribution in [0, 0.1) is 0 Å². The standard InChI is InChI=1S/C15H19BrN4/c1-10(2)17-7-12-8-19-20(15(12)11-3-4-11)14-6-5-13(16)9-18-14/h5-6,8-11,17H,3-4,7H2,1-2H3. The number of nitrogens with one attached hydrogen (secondary N) is 1. The van der Waals surface area contributed by atoms with Crippen molar-refractivity contribution in [2.24, 2.45) is 0 Å². The number of pyridine rings is 1. The van der Waals surface area contributed by atoms with E-state index in [4.69, 9.17) is 0 Å². The highest BCUT2D eigenvalue weighted by Crippen LogP contribution is 2.42. The molecule has 0 saturated heterocycles. The number of hydrogen-bond donors (Lipinski definition) is 1. The molecule has 1 aliphatic rings. The highest BCUT2D eigenvalue weighted by atomic mass is 79.9. The molecule has 2 heterocycles. The number of halogens is 1. The summed E-state index contributed by atoms with van der Waals surface area (Å²) in [6.45, 7) is 5.20. The smallest absolute Gasteiger partial charge is 0.153 e. The maximum absolute atomic E-state index is 4.55. The van der Waals surface area contributed by atoms with Gasteiger partial charge in [-0.2, -0.15) is 5.10 Å². The second-order valence-electron chi connectivity index (χ2n) is 5.61. The Labute approximate surface area is 127 Å². The highest BCUT2D eigenvalue weighted by Gasteiger charge is 2.30. The monoisotopic (exact) mass is 334 g/mol. The van der Waals surface area contributed by atoms with Crippen LogP contribution >= 0.6 is 15.9 Å². The van der Waals surface area contributed by atoms with Crippen LogP contribution in [0.3, 0.4) is 0 Å². The van der Waals surface area contributed by atoms with Crippen LogP contribution in [0.5, 0.6) is 0 Å². The summed E-state index contributed by atoms with van der Waals surface area (Å²) in [5, 5.41) is 8.03. The molecular weight excluding hydrogens is 316 g/mol. The fourth-order valence-electron chi connectivity index (χ4n) is 2.31. The predicted octanol–water partition coefficient (Wildman–Crippen LogP) is 3.41. The third-order valence-corrected chi connectivity index (χ3v) is 3.95. The average molecular weight is 335 g/mol. The van der Waals surface area contributed by atoms with Crippen LogP contribution in [0.2, 0.25) is 0 Å². The number of nitrogens with zero attached hydrogens (tertiary/aromatic N) is 3. The molecule has 20 heavy (non-hydrogen) atoms. The van der Waals surface area contributed by atoms with Crippen molar-refractivity contribution in [3.05, 3.63) is 40.3 Å². The quantitative estimate of drug-likeness (QED) is 0.911. The van der Waals surface area contributed by atoms with Gasteiger partial charge in [0.25, 0.3) is 0 Å². The van der Waals surface area contributed by atoms with E-state index in [9.17, 15) is 0 Å². The maximum Gasteiger partial charge on any atom is 0.153 e. The third kappa shape index (κ3) is 2.94. The molecule has 106 valence electrons. The molecule has 0 radical (unpaired) electrons. The summed E-state index contributed by atoms with van der Waals surface area (Å²) in [7, 11) is 0. The molecule has 0 aromatic carbocycles. The van der Waals surface area contributed by atoms with Crippen LogP contribution in [-0.2, 0) is 6.54 Å². The van der Waals surface area contributed by atoms with Crippen molar-refractivity contribution in [3.8, 4) is 5.82 Å². The van der Waals surface area contributed by atoms with Crippen molar-refractivity contribution in [2.45, 2.75) is 45.2 Å². The van der Waals surface area contributed by atoms with Crippen LogP contribution in [0.15, 0.2) is 29.0 Å². The zero-order valence-electron chi connectivity index (χ0n) is 11.8. The second-order valence-corrected chi connectivity index (χ2v) is 6.53. The van der Waals surface area contributed by atoms with Crippen molar-refractivity contribution in [3.63, 3.8) is 0 Å². The first-order valence-corrected chi connectivity index (χ1v) is 7.86. The van der Waals surface area contributed by atoms with E-state index >= 15 is 0 Å². The van der Waals surface area contributed by atoms with Crippen molar-refractivity contribution >= 4 is 15.9 Å². The predicted molar refractivity (Wildman–Crippen MR) is 83.0 cm³/mol. The van der Waals surface area contributed by atoms with E-state index in [2.05, 4.69) is 45.2 Å². The Kier molecular flexibility index (Phi) is 3.89. The van der Waals surface area contributed by atoms with Crippen molar-refractivity contribution in [1.82, 2.24) is 20.1 Å². The molecule has 0 atom stereocenters. The summed E-state index contributed by atoms with van der Waals surface area (Å²) in [5.41, 5.74) is 2.62. The van der Waals surface area contributed by atoms with Crippen LogP contribution in [0.25, 0.3) is 5.82 Å². The molecule has 3 rings (SSSR count). The van der Waals surface area contributed by atoms with Gasteiger partial charge in [0.05, 0.1) is 11.9 Å². The topological polar surface area (TPSA) is 42.7 Å². The Hall–Kier alpha value is -1.20. The molecule has 0 aliphatic heterocycles. The summed E-state index contributed by atoms with van der Waals surface area (Å²) >= 11 is 3.42. The minimum Gasteiger partial charge on any atom is -0.310 e. The molecule has 4 nitrogen and oxygen atoms in total. The Bertz CT molecular complexity index is 584. The van der Waals surface area contributed by atoms with Gasteiger partial charge in [-0.1, -0.05) is 13.8 Å². The first-order chi connectivity index (χ1) is 9.65. The number of rotatable bonds is 5. The van der Waals surface area contributed by atoms with Gasteiger partial charge in [0.15, 0.2) is 5.82 Å². The van der Waals surface area contributed by atoms with Crippen LogP contribution in [-0.4, -0.2) is 20.8 Å². The normalized spacial score (nSPS) is 15.0. The van der Waals surface area contributed by atoms with E-state index < -0.39 is 0 Å². The molecule has 2 aromatic rings. The lowest BCUT2D eigenvalue weighted by atomic mass is 10.1. The van der Waals surface area contributed by atoms with E-state index in [1.165, 1.54) is 24.1 Å². The minimum atomic E-state index is 0.483. The van der Waals surface area contributed by atoms with E-state index in [0.29, 0.717) is 12.0 Å². The number of aromatic nitrogens is 3. The van der Waals surface area contributed by atoms with Gasteiger partial charge < -0.3 is 5.32 Å². The largest absolute Gasteiger partial charge is 0.310 e. The van der Waals surface area contributed by atoms with Gasteiger partial charge in [-0.3, -0.25) is 0 Å². The van der Waals surface area contributed by atoms with Crippen LogP contribution < -0.4 is 5.32 Å². The third-order valence-electron chi connectivity index (χ3n) is 3.48. The zero-order valence-corrected chi connectivity index (χ0v) is 13.4. The zero-order chi connectivity index (χ0) is 14.1. The van der Waals surface area contributed by atoms with Gasteiger partial charge in [-0.15, -0.1) is 0 Å². The van der Waals surface area contributed by atoms with Crippen LogP contribution in [0.4, 0.5) is 0 Å². The van der Waals surface area contributed by atoms with Gasteiger partial charge in [-0.25, -0.2) is 9.67 Å². The molecule has 1 N–H and O–H groups in total. The maximum atomic E-state index is 4.55. The molecule has 0 amide bonds. The Balaban J connectivity index is 1.92. The van der Waals surface area contributed by atoms with Crippen molar-refractivity contribution in [2.75, 3.05) is 0 Å². The lowest BCUT2D eigenvalue weighted by molar-refractivity contribution is 0.585. The lowest BCUT2D eigenvalue weighted by Crippen LogP contribution is -2.22. The molecule has 1 aliphatic carbocycles. The van der Waals surface area contributed by atoms with Crippen LogP contribution in [0.1, 0.15) is 43.9 Å². The van der Waals surface area contributed by atoms with E-state index in [0.717, 1.165) is 16.8 Å². The summed E-state index contributed by atoms with van der Waals surface area (Å²) in [5.74, 6) is 1.54. The highest BCUT2D eigenvalue weighted by molar-refractivity contribution is 9.10. The molecule has 0 unspecified atom stereocenters. The Morgan fingerprint density at radius 3 is 2.75 bits per heavy atom. The Morgan fingerprint density at radius 2 is 2.15 bits per heavy atom. The second kappa shape index (κ2) is 5.66. The summed E-state index contributed by atoms with van der Waals surface area (Å²) in [6.07, 6.45) is 6.32. The molecule has 1 saturated carbocycles. The van der Waals surface area contributed by atoms with Gasteiger partial charge >= 0.3 is 0 Å². The van der Waals surface area contributed by atoms with Gasteiger partial charge in [0, 0.05) is 34.7 Å². The lowest BCUT2D eigenvalue weighted by Gasteiger charge is -2.10. The van der Waals surface area contributed by atoms with Crippen molar-refractivity contribution in [1.29, 1.82) is 0 Å². The van der Waals surface area contributed by atoms with E-state index in [1.54, 1.807) is 0 Å². The average Bonchev–Trinajstić information content (AvgIpc) is 3.17. The molecule has 0 spiro atoms. The fourth-order valence-corrected chi connectivity index (χ4v) is 2.54. The summed E-state index contributed by atoms with van der Waals surface area (Å²) in [6, 6.07) is 4.49. The molecule has 2 aromatic heterocycles. The van der Waals surface area contributed by atoms with Gasteiger partial charge in [0.1, 0.15) is 0 Å². The first-order valence-electron chi connectivity index (χ1n) is 7.07. The fraction of sp³-hybridized carbons (Fsp3) is 0.467. The van der Waals surface area contributed by atoms with Gasteiger partial charge in [0.2, 0.25) is 0 Å². The molecule has 0 bridgehead atoms. The Morgan fingerprint density at radius 1 is 1.35 bits per heavy atom.